The average Bonchev–Trinajstić information content (AvgIpc) is 3.21. The minimum absolute atomic E-state index is 0.104. The molecule has 29 heavy (non-hydrogen) atoms. The minimum Gasteiger partial charge on any atom is -0.354 e. The van der Waals surface area contributed by atoms with E-state index in [4.69, 9.17) is 0 Å². The fourth-order valence-corrected chi connectivity index (χ4v) is 3.06. The lowest BCUT2D eigenvalue weighted by atomic mass is 10.1. The summed E-state index contributed by atoms with van der Waals surface area (Å²) < 4.78 is 1.60. The van der Waals surface area contributed by atoms with Gasteiger partial charge in [0.25, 0.3) is 0 Å². The van der Waals surface area contributed by atoms with Crippen molar-refractivity contribution in [2.75, 3.05) is 12.4 Å². The molecule has 0 fully saturated rings. The summed E-state index contributed by atoms with van der Waals surface area (Å²) in [6.45, 7) is 5.25. The summed E-state index contributed by atoms with van der Waals surface area (Å²) in [6.07, 6.45) is 9.64. The second-order valence-electron chi connectivity index (χ2n) is 7.27. The highest BCUT2D eigenvalue weighted by molar-refractivity contribution is 5.90. The number of unbranched alkanes of at least 4 members (excludes halogenated alkanes) is 3. The Hall–Kier alpha value is -2.83. The van der Waals surface area contributed by atoms with E-state index in [9.17, 15) is 4.79 Å². The molecule has 2 aromatic rings. The van der Waals surface area contributed by atoms with Gasteiger partial charge in [-0.2, -0.15) is 5.10 Å². The first-order valence-corrected chi connectivity index (χ1v) is 10.4. The van der Waals surface area contributed by atoms with E-state index < -0.39 is 0 Å². The molecule has 0 aliphatic carbocycles. The zero-order valence-corrected chi connectivity index (χ0v) is 17.8. The van der Waals surface area contributed by atoms with E-state index in [0.717, 1.165) is 23.6 Å². The van der Waals surface area contributed by atoms with E-state index in [1.165, 1.54) is 25.7 Å². The summed E-state index contributed by atoms with van der Waals surface area (Å²) in [5.74, 6) is 0.689. The minimum atomic E-state index is -0.104. The summed E-state index contributed by atoms with van der Waals surface area (Å²) in [4.78, 5) is 16.5. The van der Waals surface area contributed by atoms with Crippen LogP contribution >= 0.6 is 0 Å². The number of carbonyl (C=O) groups excluding carboxylic acids is 1. The molecule has 1 amide bonds. The maximum atomic E-state index is 12.1. The number of amides is 1. The third-order valence-corrected chi connectivity index (χ3v) is 4.63. The van der Waals surface area contributed by atoms with Crippen molar-refractivity contribution in [3.63, 3.8) is 0 Å². The molecule has 158 valence electrons. The monoisotopic (exact) mass is 398 g/mol. The van der Waals surface area contributed by atoms with Crippen molar-refractivity contribution in [1.82, 2.24) is 20.4 Å². The molecule has 3 N–H and O–H groups in total. The molecule has 0 saturated heterocycles. The summed E-state index contributed by atoms with van der Waals surface area (Å²) in [7, 11) is 1.78. The Morgan fingerprint density at radius 2 is 2.10 bits per heavy atom. The lowest BCUT2D eigenvalue weighted by Crippen LogP contribution is -2.41. The Labute approximate surface area is 174 Å². The fraction of sp³-hybridized carbons (Fsp3) is 0.500. The second kappa shape index (κ2) is 12.6. The van der Waals surface area contributed by atoms with Gasteiger partial charge in [-0.15, -0.1) is 0 Å². The highest BCUT2D eigenvalue weighted by Gasteiger charge is 2.07. The van der Waals surface area contributed by atoms with Gasteiger partial charge in [-0.05, 0) is 37.1 Å². The molecular weight excluding hydrogens is 364 g/mol. The van der Waals surface area contributed by atoms with Crippen LogP contribution < -0.4 is 16.0 Å². The van der Waals surface area contributed by atoms with Crippen LogP contribution in [0.4, 0.5) is 5.69 Å². The lowest BCUT2D eigenvalue weighted by Gasteiger charge is -2.18. The molecule has 7 nitrogen and oxygen atoms in total. The molecule has 2 rings (SSSR count). The van der Waals surface area contributed by atoms with Crippen LogP contribution in [0.5, 0.6) is 0 Å². The SMILES string of the molecule is CCCCCCC(C)NC(=NC)NCc1cccc(NC(=O)Cn2cccn2)c1. The number of anilines is 1. The number of guanidine groups is 1. The van der Waals surface area contributed by atoms with Gasteiger partial charge in [0.1, 0.15) is 6.54 Å². The molecule has 7 heteroatoms. The van der Waals surface area contributed by atoms with Crippen molar-refractivity contribution in [1.29, 1.82) is 0 Å². The molecule has 0 bridgehead atoms. The zero-order chi connectivity index (χ0) is 20.9. The molecule has 1 unspecified atom stereocenters. The first-order valence-electron chi connectivity index (χ1n) is 10.4. The molecule has 0 aliphatic heterocycles. The number of nitrogens with one attached hydrogen (secondary N) is 3. The molecule has 0 saturated carbocycles. The fourth-order valence-electron chi connectivity index (χ4n) is 3.06. The highest BCUT2D eigenvalue weighted by atomic mass is 16.2. The van der Waals surface area contributed by atoms with Gasteiger partial charge >= 0.3 is 0 Å². The number of hydrogen-bond donors (Lipinski definition) is 3. The molecule has 0 radical (unpaired) electrons. The van der Waals surface area contributed by atoms with Crippen molar-refractivity contribution >= 4 is 17.6 Å². The van der Waals surface area contributed by atoms with Gasteiger partial charge in [0.2, 0.25) is 5.91 Å². The first kappa shape index (κ1) is 22.5. The number of aliphatic imine (C=N–C) groups is 1. The first-order chi connectivity index (χ1) is 14.1. The largest absolute Gasteiger partial charge is 0.354 e. The van der Waals surface area contributed by atoms with Crippen LogP contribution in [0.2, 0.25) is 0 Å². The van der Waals surface area contributed by atoms with Crippen LogP contribution in [-0.4, -0.2) is 34.7 Å². The van der Waals surface area contributed by atoms with Crippen molar-refractivity contribution in [3.8, 4) is 0 Å². The van der Waals surface area contributed by atoms with Crippen LogP contribution in [0, 0.1) is 0 Å². The predicted octanol–water partition coefficient (Wildman–Crippen LogP) is 3.55. The van der Waals surface area contributed by atoms with E-state index in [1.54, 1.807) is 30.2 Å². The van der Waals surface area contributed by atoms with Crippen LogP contribution in [0.3, 0.4) is 0 Å². The normalized spacial score (nSPS) is 12.4. The van der Waals surface area contributed by atoms with E-state index >= 15 is 0 Å². The highest BCUT2D eigenvalue weighted by Crippen LogP contribution is 2.11. The van der Waals surface area contributed by atoms with Crippen molar-refractivity contribution in [2.45, 2.75) is 65.1 Å². The smallest absolute Gasteiger partial charge is 0.246 e. The zero-order valence-electron chi connectivity index (χ0n) is 17.8. The molecule has 1 aromatic heterocycles. The van der Waals surface area contributed by atoms with E-state index in [2.05, 4.69) is 39.9 Å². The van der Waals surface area contributed by atoms with E-state index in [0.29, 0.717) is 12.6 Å². The maximum absolute atomic E-state index is 12.1. The second-order valence-corrected chi connectivity index (χ2v) is 7.27. The standard InChI is InChI=1S/C22H34N6O/c1-4-5-6-7-10-18(2)26-22(23-3)24-16-19-11-8-12-20(15-19)27-21(29)17-28-14-9-13-25-28/h8-9,11-15,18H,4-7,10,16-17H2,1-3H3,(H,27,29)(H2,23,24,26). The van der Waals surface area contributed by atoms with Gasteiger partial charge in [-0.3, -0.25) is 14.5 Å². The lowest BCUT2D eigenvalue weighted by molar-refractivity contribution is -0.116. The van der Waals surface area contributed by atoms with Crippen LogP contribution in [-0.2, 0) is 17.9 Å². The van der Waals surface area contributed by atoms with Crippen molar-refractivity contribution in [2.24, 2.45) is 4.99 Å². The number of carbonyl (C=O) groups is 1. The van der Waals surface area contributed by atoms with Gasteiger partial charge in [0.05, 0.1) is 0 Å². The number of rotatable bonds is 11. The number of hydrogen-bond acceptors (Lipinski definition) is 3. The third kappa shape index (κ3) is 8.81. The molecule has 0 aliphatic rings. The molecular formula is C22H34N6O. The Bertz CT molecular complexity index is 756. The van der Waals surface area contributed by atoms with Gasteiger partial charge < -0.3 is 16.0 Å². The summed E-state index contributed by atoms with van der Waals surface area (Å²) >= 11 is 0. The molecule has 0 spiro atoms. The number of nitrogens with zero attached hydrogens (tertiary/aromatic N) is 3. The third-order valence-electron chi connectivity index (χ3n) is 4.63. The van der Waals surface area contributed by atoms with E-state index in [1.807, 2.05) is 24.3 Å². The maximum Gasteiger partial charge on any atom is 0.246 e. The Morgan fingerprint density at radius 1 is 1.24 bits per heavy atom. The van der Waals surface area contributed by atoms with Crippen LogP contribution in [0.25, 0.3) is 0 Å². The van der Waals surface area contributed by atoms with Gasteiger partial charge in [0.15, 0.2) is 5.96 Å². The summed E-state index contributed by atoms with van der Waals surface area (Å²) in [5, 5.41) is 13.8. The molecule has 1 aromatic carbocycles. The van der Waals surface area contributed by atoms with Gasteiger partial charge in [-0.1, -0.05) is 44.7 Å². The summed E-state index contributed by atoms with van der Waals surface area (Å²) in [6, 6.07) is 9.99. The molecule has 1 heterocycles. The van der Waals surface area contributed by atoms with Crippen molar-refractivity contribution < 1.29 is 4.79 Å². The predicted molar refractivity (Wildman–Crippen MR) is 119 cm³/mol. The average molecular weight is 399 g/mol. The Kier molecular flexibility index (Phi) is 9.75. The van der Waals surface area contributed by atoms with Gasteiger partial charge in [0, 0.05) is 37.7 Å². The van der Waals surface area contributed by atoms with Crippen LogP contribution in [0.15, 0.2) is 47.7 Å². The summed E-state index contributed by atoms with van der Waals surface area (Å²) in [5.41, 5.74) is 1.84. The quantitative estimate of drug-likeness (QED) is 0.307. The van der Waals surface area contributed by atoms with Crippen molar-refractivity contribution in [3.05, 3.63) is 48.3 Å². The number of aromatic nitrogens is 2. The topological polar surface area (TPSA) is 83.3 Å². The Balaban J connectivity index is 1.78. The van der Waals surface area contributed by atoms with Crippen LogP contribution in [0.1, 0.15) is 51.5 Å². The molecule has 1 atom stereocenters. The number of benzene rings is 1. The Morgan fingerprint density at radius 3 is 2.83 bits per heavy atom. The van der Waals surface area contributed by atoms with Gasteiger partial charge in [-0.25, -0.2) is 0 Å². The van der Waals surface area contributed by atoms with E-state index in [-0.39, 0.29) is 12.5 Å².